The summed E-state index contributed by atoms with van der Waals surface area (Å²) in [5.41, 5.74) is 2.36. The van der Waals surface area contributed by atoms with Gasteiger partial charge in [-0.1, -0.05) is 0 Å². The number of hydrogen-bond acceptors (Lipinski definition) is 3. The van der Waals surface area contributed by atoms with Gasteiger partial charge in [0.25, 0.3) is 0 Å². The highest BCUT2D eigenvalue weighted by atomic mass is 16.1. The summed E-state index contributed by atoms with van der Waals surface area (Å²) in [5.74, 6) is -0.147. The van der Waals surface area contributed by atoms with Crippen LogP contribution >= 0.6 is 0 Å². The summed E-state index contributed by atoms with van der Waals surface area (Å²) >= 11 is 0. The van der Waals surface area contributed by atoms with Gasteiger partial charge in [0.15, 0.2) is 5.78 Å². The van der Waals surface area contributed by atoms with Crippen LogP contribution in [0.1, 0.15) is 13.8 Å². The number of carbonyl (C=O) groups is 2. The van der Waals surface area contributed by atoms with Crippen LogP contribution in [-0.4, -0.2) is 54.9 Å². The van der Waals surface area contributed by atoms with Crippen molar-refractivity contribution >= 4 is 17.3 Å². The maximum Gasteiger partial charge on any atom is 0.204 e. The Bertz CT molecular complexity index is 413. The molecule has 16 heavy (non-hydrogen) atoms. The summed E-state index contributed by atoms with van der Waals surface area (Å²) in [4.78, 5) is 25.0. The van der Waals surface area contributed by atoms with Crippen LogP contribution in [0, 0.1) is 5.92 Å². The van der Waals surface area contributed by atoms with Crippen LogP contribution in [0.15, 0.2) is 11.3 Å². The van der Waals surface area contributed by atoms with Crippen molar-refractivity contribution in [3.8, 4) is 0 Å². The number of carbonyl (C=O) groups excluding carboxylic acids is 2. The first-order valence-corrected chi connectivity index (χ1v) is 5.26. The summed E-state index contributed by atoms with van der Waals surface area (Å²) in [7, 11) is 7.45. The van der Waals surface area contributed by atoms with E-state index in [1.807, 2.05) is 37.7 Å². The van der Waals surface area contributed by atoms with Crippen LogP contribution in [0.3, 0.4) is 0 Å². The summed E-state index contributed by atoms with van der Waals surface area (Å²) in [5, 5.41) is 0. The summed E-state index contributed by atoms with van der Waals surface area (Å²) < 4.78 is 1.86. The van der Waals surface area contributed by atoms with Gasteiger partial charge in [0.2, 0.25) is 5.71 Å². The SMILES string of the molecule is CC(=O)C1=C(N(C)C)C(C(C)=O)C1=[N+](C)C. The molecule has 0 amide bonds. The first-order valence-electron chi connectivity index (χ1n) is 5.26. The summed E-state index contributed by atoms with van der Waals surface area (Å²) in [6.07, 6.45) is 0. The van der Waals surface area contributed by atoms with Crippen molar-refractivity contribution in [3.63, 3.8) is 0 Å². The molecule has 0 heterocycles. The van der Waals surface area contributed by atoms with Crippen molar-refractivity contribution in [2.24, 2.45) is 5.92 Å². The van der Waals surface area contributed by atoms with Crippen molar-refractivity contribution in [3.05, 3.63) is 11.3 Å². The molecule has 1 unspecified atom stereocenters. The van der Waals surface area contributed by atoms with Crippen molar-refractivity contribution in [1.29, 1.82) is 0 Å². The van der Waals surface area contributed by atoms with Gasteiger partial charge in [0.05, 0.1) is 5.70 Å². The molecule has 0 aromatic carbocycles. The number of Topliss-reactive ketones (excluding diaryl/α,β-unsaturated/α-hetero) is 2. The lowest BCUT2D eigenvalue weighted by molar-refractivity contribution is -0.466. The average molecular weight is 223 g/mol. The van der Waals surface area contributed by atoms with Crippen LogP contribution in [0.5, 0.6) is 0 Å². The molecule has 88 valence electrons. The Morgan fingerprint density at radius 2 is 1.69 bits per heavy atom. The molecule has 0 aromatic heterocycles. The van der Waals surface area contributed by atoms with Crippen LogP contribution in [-0.2, 0) is 9.59 Å². The molecule has 0 N–H and O–H groups in total. The van der Waals surface area contributed by atoms with E-state index in [0.717, 1.165) is 11.4 Å². The van der Waals surface area contributed by atoms with Crippen LogP contribution in [0.2, 0.25) is 0 Å². The molecule has 1 rings (SSSR count). The van der Waals surface area contributed by atoms with Gasteiger partial charge in [-0.2, -0.15) is 0 Å². The van der Waals surface area contributed by atoms with Gasteiger partial charge in [-0.05, 0) is 13.8 Å². The molecule has 4 heteroatoms. The molecule has 1 atom stereocenters. The molecule has 0 aliphatic heterocycles. The third kappa shape index (κ3) is 1.79. The number of ketones is 2. The lowest BCUT2D eigenvalue weighted by atomic mass is 9.75. The Labute approximate surface area is 96.2 Å². The Balaban J connectivity index is 3.40. The molecule has 0 radical (unpaired) electrons. The molecule has 1 aliphatic carbocycles. The highest BCUT2D eigenvalue weighted by molar-refractivity contribution is 6.32. The zero-order valence-electron chi connectivity index (χ0n) is 10.8. The van der Waals surface area contributed by atoms with Crippen LogP contribution in [0.25, 0.3) is 0 Å². The van der Waals surface area contributed by atoms with E-state index in [1.54, 1.807) is 13.8 Å². The third-order valence-electron chi connectivity index (χ3n) is 2.78. The quantitative estimate of drug-likeness (QED) is 0.647. The lowest BCUT2D eigenvalue weighted by Gasteiger charge is -2.34. The maximum atomic E-state index is 11.6. The van der Waals surface area contributed by atoms with Crippen molar-refractivity contribution in [2.75, 3.05) is 28.2 Å². The second-order valence-electron chi connectivity index (χ2n) is 4.53. The van der Waals surface area contributed by atoms with E-state index in [4.69, 9.17) is 0 Å². The predicted molar refractivity (Wildman–Crippen MR) is 62.7 cm³/mol. The monoisotopic (exact) mass is 223 g/mol. The molecule has 4 nitrogen and oxygen atoms in total. The minimum atomic E-state index is -0.246. The lowest BCUT2D eigenvalue weighted by Crippen LogP contribution is -2.47. The fourth-order valence-corrected chi connectivity index (χ4v) is 2.18. The molecule has 0 saturated carbocycles. The molecule has 0 spiro atoms. The van der Waals surface area contributed by atoms with E-state index >= 15 is 0 Å². The predicted octanol–water partition coefficient (Wildman–Crippen LogP) is 0.323. The van der Waals surface area contributed by atoms with E-state index in [9.17, 15) is 9.59 Å². The largest absolute Gasteiger partial charge is 0.379 e. The molecule has 0 fully saturated rings. The van der Waals surface area contributed by atoms with Gasteiger partial charge in [0, 0.05) is 14.1 Å². The van der Waals surface area contributed by atoms with Gasteiger partial charge in [0.1, 0.15) is 31.4 Å². The standard InChI is InChI=1S/C12H19N2O2/c1-7(15)9-11(13(3)4)10(8(2)16)12(9)14(5)6/h9H,1-6H3/q+1. The van der Waals surface area contributed by atoms with E-state index in [2.05, 4.69) is 0 Å². The fourth-order valence-electron chi connectivity index (χ4n) is 2.18. The smallest absolute Gasteiger partial charge is 0.204 e. The fraction of sp³-hybridized carbons (Fsp3) is 0.583. The van der Waals surface area contributed by atoms with E-state index in [1.165, 1.54) is 0 Å². The second kappa shape index (κ2) is 4.20. The zero-order valence-corrected chi connectivity index (χ0v) is 10.8. The zero-order chi connectivity index (χ0) is 12.6. The molecule has 0 bridgehead atoms. The molecule has 0 saturated heterocycles. The highest BCUT2D eigenvalue weighted by Gasteiger charge is 2.48. The van der Waals surface area contributed by atoms with Crippen molar-refractivity contribution in [2.45, 2.75) is 13.8 Å². The number of nitrogens with zero attached hydrogens (tertiary/aromatic N) is 2. The van der Waals surface area contributed by atoms with Gasteiger partial charge >= 0.3 is 0 Å². The molecular formula is C12H19N2O2+. The van der Waals surface area contributed by atoms with Crippen LogP contribution < -0.4 is 0 Å². The third-order valence-corrected chi connectivity index (χ3v) is 2.78. The number of allylic oxidation sites excluding steroid dienone is 2. The topological polar surface area (TPSA) is 40.4 Å². The minimum absolute atomic E-state index is 0.0184. The first-order chi connectivity index (χ1) is 7.29. The van der Waals surface area contributed by atoms with E-state index in [-0.39, 0.29) is 17.5 Å². The summed E-state index contributed by atoms with van der Waals surface area (Å²) in [6.45, 7) is 3.10. The summed E-state index contributed by atoms with van der Waals surface area (Å²) in [6, 6.07) is 0. The average Bonchev–Trinajstić information content (AvgIpc) is 1.97. The number of rotatable bonds is 3. The van der Waals surface area contributed by atoms with Gasteiger partial charge in [-0.3, -0.25) is 9.59 Å². The van der Waals surface area contributed by atoms with E-state index in [0.29, 0.717) is 5.57 Å². The Morgan fingerprint density at radius 3 is 1.94 bits per heavy atom. The number of hydrogen-bond donors (Lipinski definition) is 0. The van der Waals surface area contributed by atoms with Crippen molar-refractivity contribution < 1.29 is 14.2 Å². The Hall–Kier alpha value is -1.45. The van der Waals surface area contributed by atoms with Crippen LogP contribution in [0.4, 0.5) is 0 Å². The van der Waals surface area contributed by atoms with Gasteiger partial charge in [-0.15, -0.1) is 0 Å². The molecule has 1 aliphatic rings. The second-order valence-corrected chi connectivity index (χ2v) is 4.53. The molecular weight excluding hydrogens is 204 g/mol. The Kier molecular flexibility index (Phi) is 3.31. The van der Waals surface area contributed by atoms with Crippen molar-refractivity contribution in [1.82, 2.24) is 4.90 Å². The minimum Gasteiger partial charge on any atom is -0.379 e. The van der Waals surface area contributed by atoms with Gasteiger partial charge < -0.3 is 4.90 Å². The van der Waals surface area contributed by atoms with Gasteiger partial charge in [-0.25, -0.2) is 4.58 Å². The normalized spacial score (nSPS) is 19.4. The first kappa shape index (κ1) is 12.6. The Morgan fingerprint density at radius 1 is 1.19 bits per heavy atom. The van der Waals surface area contributed by atoms with E-state index < -0.39 is 0 Å². The highest BCUT2D eigenvalue weighted by Crippen LogP contribution is 2.34. The maximum absolute atomic E-state index is 11.6. The molecule has 0 aromatic rings.